The molecule has 35 heavy (non-hydrogen) atoms. The Morgan fingerprint density at radius 3 is 2.31 bits per heavy atom. The van der Waals surface area contributed by atoms with Crippen LogP contribution in [0.15, 0.2) is 54.6 Å². The summed E-state index contributed by atoms with van der Waals surface area (Å²) in [4.78, 5) is 28.6. The van der Waals surface area contributed by atoms with Crippen molar-refractivity contribution in [3.05, 3.63) is 65.7 Å². The summed E-state index contributed by atoms with van der Waals surface area (Å²) >= 11 is 0. The lowest BCUT2D eigenvalue weighted by Gasteiger charge is -2.34. The van der Waals surface area contributed by atoms with Gasteiger partial charge in [-0.05, 0) is 49.4 Å². The molecule has 1 unspecified atom stereocenters. The van der Waals surface area contributed by atoms with E-state index < -0.39 is 22.0 Å². The summed E-state index contributed by atoms with van der Waals surface area (Å²) in [7, 11) is -3.73. The Bertz CT molecular complexity index is 1100. The fourth-order valence-electron chi connectivity index (χ4n) is 4.64. The minimum Gasteiger partial charge on any atom is -0.352 e. The van der Waals surface area contributed by atoms with Crippen LogP contribution in [0.25, 0.3) is 0 Å². The van der Waals surface area contributed by atoms with E-state index in [-0.39, 0.29) is 25.0 Å². The van der Waals surface area contributed by atoms with Crippen LogP contribution in [0, 0.1) is 6.92 Å². The average molecular weight is 500 g/mol. The molecule has 2 aromatic carbocycles. The minimum atomic E-state index is -3.73. The van der Waals surface area contributed by atoms with Crippen LogP contribution in [-0.4, -0.2) is 50.0 Å². The fraction of sp³-hybridized carbons (Fsp3) is 0.481. The summed E-state index contributed by atoms with van der Waals surface area (Å²) in [5, 5.41) is 3.15. The van der Waals surface area contributed by atoms with Crippen LogP contribution in [0.4, 0.5) is 5.69 Å². The molecule has 2 amide bonds. The molecule has 8 heteroatoms. The maximum absolute atomic E-state index is 13.7. The number of nitrogens with one attached hydrogen (secondary N) is 1. The zero-order valence-corrected chi connectivity index (χ0v) is 21.8. The molecule has 0 spiro atoms. The summed E-state index contributed by atoms with van der Waals surface area (Å²) in [5.74, 6) is -0.587. The zero-order valence-electron chi connectivity index (χ0n) is 20.9. The van der Waals surface area contributed by atoms with Gasteiger partial charge in [-0.15, -0.1) is 0 Å². The molecule has 0 radical (unpaired) electrons. The van der Waals surface area contributed by atoms with Crippen LogP contribution >= 0.6 is 0 Å². The van der Waals surface area contributed by atoms with E-state index in [9.17, 15) is 18.0 Å². The number of aryl methyl sites for hydroxylation is 1. The van der Waals surface area contributed by atoms with Gasteiger partial charge in [0.05, 0.1) is 11.9 Å². The third-order valence-electron chi connectivity index (χ3n) is 6.50. The second-order valence-corrected chi connectivity index (χ2v) is 11.3. The predicted molar refractivity (Wildman–Crippen MR) is 139 cm³/mol. The van der Waals surface area contributed by atoms with Gasteiger partial charge in [0.25, 0.3) is 0 Å². The summed E-state index contributed by atoms with van der Waals surface area (Å²) in [6, 6.07) is 16.0. The van der Waals surface area contributed by atoms with Crippen LogP contribution in [-0.2, 0) is 26.2 Å². The first-order valence-corrected chi connectivity index (χ1v) is 14.2. The number of benzene rings is 2. The molecule has 3 rings (SSSR count). The summed E-state index contributed by atoms with van der Waals surface area (Å²) in [6.45, 7) is 3.60. The highest BCUT2D eigenvalue weighted by atomic mass is 32.2. The molecule has 0 saturated heterocycles. The third kappa shape index (κ3) is 7.56. The van der Waals surface area contributed by atoms with Gasteiger partial charge in [0, 0.05) is 12.6 Å². The Labute approximate surface area is 209 Å². The van der Waals surface area contributed by atoms with Crippen LogP contribution in [0.2, 0.25) is 0 Å². The molecule has 7 nitrogen and oxygen atoms in total. The topological polar surface area (TPSA) is 86.8 Å². The normalized spacial score (nSPS) is 15.3. The molecule has 190 valence electrons. The first-order chi connectivity index (χ1) is 16.7. The number of hydrogen-bond acceptors (Lipinski definition) is 4. The van der Waals surface area contributed by atoms with Crippen LogP contribution < -0.4 is 9.62 Å². The highest BCUT2D eigenvalue weighted by Gasteiger charge is 2.32. The fourth-order valence-corrected chi connectivity index (χ4v) is 5.48. The first-order valence-electron chi connectivity index (χ1n) is 12.4. The highest BCUT2D eigenvalue weighted by molar-refractivity contribution is 7.92. The van der Waals surface area contributed by atoms with Gasteiger partial charge >= 0.3 is 0 Å². The van der Waals surface area contributed by atoms with Gasteiger partial charge in [0.15, 0.2) is 0 Å². The van der Waals surface area contributed by atoms with Crippen LogP contribution in [0.1, 0.15) is 56.6 Å². The van der Waals surface area contributed by atoms with Crippen molar-refractivity contribution >= 4 is 27.5 Å². The summed E-state index contributed by atoms with van der Waals surface area (Å²) in [5.41, 5.74) is 2.20. The number of carbonyl (C=O) groups excluding carboxylic acids is 2. The molecule has 0 heterocycles. The Kier molecular flexibility index (Phi) is 9.32. The quantitative estimate of drug-likeness (QED) is 0.535. The van der Waals surface area contributed by atoms with Gasteiger partial charge in [0.1, 0.15) is 12.6 Å². The Morgan fingerprint density at radius 2 is 1.71 bits per heavy atom. The van der Waals surface area contributed by atoms with Crippen molar-refractivity contribution in [3.8, 4) is 0 Å². The summed E-state index contributed by atoms with van der Waals surface area (Å²) < 4.78 is 26.5. The van der Waals surface area contributed by atoms with Crippen molar-refractivity contribution in [1.29, 1.82) is 0 Å². The van der Waals surface area contributed by atoms with Gasteiger partial charge in [-0.25, -0.2) is 8.42 Å². The molecule has 1 fully saturated rings. The molecule has 1 aliphatic carbocycles. The minimum absolute atomic E-state index is 0.124. The van der Waals surface area contributed by atoms with E-state index in [1.165, 1.54) is 11.3 Å². The third-order valence-corrected chi connectivity index (χ3v) is 7.64. The average Bonchev–Trinajstić information content (AvgIpc) is 2.82. The van der Waals surface area contributed by atoms with Gasteiger partial charge in [-0.1, -0.05) is 68.7 Å². The number of sulfonamides is 1. The number of hydrogen-bond donors (Lipinski definition) is 1. The lowest BCUT2D eigenvalue weighted by atomic mass is 9.95. The molecule has 1 saturated carbocycles. The van der Waals surface area contributed by atoms with E-state index in [0.29, 0.717) is 12.1 Å². The van der Waals surface area contributed by atoms with Crippen molar-refractivity contribution in [2.75, 3.05) is 17.1 Å². The predicted octanol–water partition coefficient (Wildman–Crippen LogP) is 4.02. The van der Waals surface area contributed by atoms with E-state index in [2.05, 4.69) is 5.32 Å². The lowest BCUT2D eigenvalue weighted by Crippen LogP contribution is -2.53. The summed E-state index contributed by atoms with van der Waals surface area (Å²) in [6.07, 6.45) is 6.79. The van der Waals surface area contributed by atoms with Crippen molar-refractivity contribution in [3.63, 3.8) is 0 Å². The van der Waals surface area contributed by atoms with Crippen LogP contribution in [0.5, 0.6) is 0 Å². The largest absolute Gasteiger partial charge is 0.352 e. The SMILES string of the molecule is CCC(C(=O)NC1CCCCC1)N(Cc1ccccc1)C(=O)CN(c1cccc(C)c1)S(C)(=O)=O. The highest BCUT2D eigenvalue weighted by Crippen LogP contribution is 2.22. The molecule has 0 aliphatic heterocycles. The maximum Gasteiger partial charge on any atom is 0.244 e. The molecule has 0 bridgehead atoms. The number of carbonyl (C=O) groups is 2. The Hall–Kier alpha value is -2.87. The van der Waals surface area contributed by atoms with Gasteiger partial charge in [0.2, 0.25) is 21.8 Å². The second kappa shape index (κ2) is 12.2. The maximum atomic E-state index is 13.7. The molecule has 1 N–H and O–H groups in total. The second-order valence-electron chi connectivity index (χ2n) is 9.38. The zero-order chi connectivity index (χ0) is 25.4. The van der Waals surface area contributed by atoms with Gasteiger partial charge < -0.3 is 10.2 Å². The van der Waals surface area contributed by atoms with Crippen molar-refractivity contribution in [2.24, 2.45) is 0 Å². The van der Waals surface area contributed by atoms with Crippen molar-refractivity contribution in [2.45, 2.75) is 71.0 Å². The standard InChI is InChI=1S/C27H37N3O4S/c1-4-25(27(32)28-23-15-9-6-10-16-23)29(19-22-13-7-5-8-14-22)26(31)20-30(35(3,33)34)24-17-11-12-21(2)18-24/h5,7-8,11-14,17-18,23,25H,4,6,9-10,15-16,19-20H2,1-3H3,(H,28,32). The molecule has 2 aromatic rings. The van der Waals surface area contributed by atoms with E-state index in [1.54, 1.807) is 18.2 Å². The Morgan fingerprint density at radius 1 is 1.03 bits per heavy atom. The number of amides is 2. The number of nitrogens with zero attached hydrogens (tertiary/aromatic N) is 2. The number of rotatable bonds is 10. The number of anilines is 1. The molecule has 1 aliphatic rings. The Balaban J connectivity index is 1.89. The van der Waals surface area contributed by atoms with Gasteiger partial charge in [-0.3, -0.25) is 13.9 Å². The monoisotopic (exact) mass is 499 g/mol. The molecule has 1 atom stereocenters. The van der Waals surface area contributed by atoms with Crippen LogP contribution in [0.3, 0.4) is 0 Å². The molecular formula is C27H37N3O4S. The van der Waals surface area contributed by atoms with E-state index in [4.69, 9.17) is 0 Å². The lowest BCUT2D eigenvalue weighted by molar-refractivity contribution is -0.140. The van der Waals surface area contributed by atoms with E-state index in [0.717, 1.165) is 47.4 Å². The van der Waals surface area contributed by atoms with E-state index >= 15 is 0 Å². The van der Waals surface area contributed by atoms with Crippen molar-refractivity contribution < 1.29 is 18.0 Å². The molecular weight excluding hydrogens is 462 g/mol. The van der Waals surface area contributed by atoms with E-state index in [1.807, 2.05) is 50.2 Å². The first kappa shape index (κ1) is 26.7. The molecule has 0 aromatic heterocycles. The van der Waals surface area contributed by atoms with Crippen molar-refractivity contribution in [1.82, 2.24) is 10.2 Å². The smallest absolute Gasteiger partial charge is 0.244 e. The van der Waals surface area contributed by atoms with Gasteiger partial charge in [-0.2, -0.15) is 0 Å².